The van der Waals surface area contributed by atoms with Gasteiger partial charge in [0.25, 0.3) is 0 Å². The maximum Gasteiger partial charge on any atom is 0.136 e. The Hall–Kier alpha value is -1.55. The molecule has 0 aromatic heterocycles. The van der Waals surface area contributed by atoms with Crippen LogP contribution in [0.3, 0.4) is 0 Å². The Bertz CT molecular complexity index is 541. The fourth-order valence-corrected chi connectivity index (χ4v) is 2.55. The fourth-order valence-electron chi connectivity index (χ4n) is 2.55. The number of anilines is 1. The topological polar surface area (TPSA) is 34.1 Å². The molecule has 0 saturated carbocycles. The summed E-state index contributed by atoms with van der Waals surface area (Å²) >= 11 is 0. The molecule has 1 heterocycles. The van der Waals surface area contributed by atoms with E-state index >= 15 is 0 Å². The number of hydrogen-bond acceptors (Lipinski definition) is 4. The van der Waals surface area contributed by atoms with E-state index in [0.29, 0.717) is 0 Å². The summed E-state index contributed by atoms with van der Waals surface area (Å²) < 4.78 is 10.9. The molecular formula is C18H28N2O2. The first-order valence-electron chi connectivity index (χ1n) is 7.74. The van der Waals surface area contributed by atoms with Crippen molar-refractivity contribution in [3.8, 4) is 5.75 Å². The summed E-state index contributed by atoms with van der Waals surface area (Å²) in [5, 5.41) is 0. The van der Waals surface area contributed by atoms with Crippen LogP contribution in [0, 0.1) is 5.41 Å². The van der Waals surface area contributed by atoms with Gasteiger partial charge in [0, 0.05) is 19.3 Å². The molecule has 0 amide bonds. The molecule has 1 aliphatic rings. The number of methoxy groups -OCH3 is 2. The highest BCUT2D eigenvalue weighted by Crippen LogP contribution is 2.34. The van der Waals surface area contributed by atoms with Crippen LogP contribution in [0.25, 0.3) is 0 Å². The molecule has 1 aliphatic heterocycles. The third-order valence-corrected chi connectivity index (χ3v) is 4.32. The lowest BCUT2D eigenvalue weighted by atomic mass is 9.87. The van der Waals surface area contributed by atoms with E-state index < -0.39 is 5.60 Å². The van der Waals surface area contributed by atoms with Crippen molar-refractivity contribution in [1.29, 1.82) is 0 Å². The van der Waals surface area contributed by atoms with Crippen molar-refractivity contribution in [1.82, 2.24) is 0 Å². The Morgan fingerprint density at radius 3 is 2.09 bits per heavy atom. The Morgan fingerprint density at radius 1 is 1.05 bits per heavy atom. The van der Waals surface area contributed by atoms with Gasteiger partial charge >= 0.3 is 0 Å². The van der Waals surface area contributed by atoms with Gasteiger partial charge < -0.3 is 14.4 Å². The van der Waals surface area contributed by atoms with Gasteiger partial charge in [0.05, 0.1) is 13.2 Å². The zero-order chi connectivity index (χ0) is 16.5. The average Bonchev–Trinajstić information content (AvgIpc) is 2.93. The fraction of sp³-hybridized carbons (Fsp3) is 0.611. The van der Waals surface area contributed by atoms with Gasteiger partial charge in [0.2, 0.25) is 0 Å². The predicted molar refractivity (Wildman–Crippen MR) is 92.1 cm³/mol. The van der Waals surface area contributed by atoms with Gasteiger partial charge in [-0.1, -0.05) is 20.8 Å². The van der Waals surface area contributed by atoms with Crippen LogP contribution in [0.15, 0.2) is 29.3 Å². The lowest BCUT2D eigenvalue weighted by Crippen LogP contribution is -2.44. The van der Waals surface area contributed by atoms with Gasteiger partial charge in [-0.25, -0.2) is 0 Å². The first kappa shape index (κ1) is 16.8. The van der Waals surface area contributed by atoms with Crippen LogP contribution in [0.5, 0.6) is 5.75 Å². The Balaban J connectivity index is 2.38. The first-order chi connectivity index (χ1) is 10.2. The van der Waals surface area contributed by atoms with Crippen LogP contribution in [0.2, 0.25) is 0 Å². The van der Waals surface area contributed by atoms with Crippen molar-refractivity contribution < 1.29 is 9.47 Å². The molecule has 1 atom stereocenters. The molecule has 0 fully saturated rings. The minimum absolute atomic E-state index is 0.121. The minimum atomic E-state index is -0.417. The summed E-state index contributed by atoms with van der Waals surface area (Å²) in [4.78, 5) is 7.25. The van der Waals surface area contributed by atoms with Crippen LogP contribution in [0.4, 0.5) is 5.69 Å². The Kier molecular flexibility index (Phi) is 4.52. The molecular weight excluding hydrogens is 276 g/mol. The number of nitrogens with zero attached hydrogens (tertiary/aromatic N) is 2. The number of rotatable bonds is 4. The van der Waals surface area contributed by atoms with Gasteiger partial charge in [0.15, 0.2) is 0 Å². The van der Waals surface area contributed by atoms with Crippen molar-refractivity contribution in [2.75, 3.05) is 25.7 Å². The van der Waals surface area contributed by atoms with E-state index in [1.165, 1.54) is 0 Å². The number of benzene rings is 1. The van der Waals surface area contributed by atoms with Gasteiger partial charge in [-0.3, -0.25) is 4.99 Å². The average molecular weight is 304 g/mol. The maximum atomic E-state index is 5.68. The van der Waals surface area contributed by atoms with E-state index in [2.05, 4.69) is 51.7 Å². The van der Waals surface area contributed by atoms with Crippen molar-refractivity contribution >= 4 is 11.5 Å². The van der Waals surface area contributed by atoms with E-state index in [1.807, 2.05) is 12.1 Å². The summed E-state index contributed by atoms with van der Waals surface area (Å²) in [7, 11) is 3.42. The largest absolute Gasteiger partial charge is 0.497 e. The van der Waals surface area contributed by atoms with E-state index in [-0.39, 0.29) is 11.5 Å². The van der Waals surface area contributed by atoms with Crippen LogP contribution in [-0.4, -0.2) is 38.2 Å². The minimum Gasteiger partial charge on any atom is -0.497 e. The smallest absolute Gasteiger partial charge is 0.136 e. The van der Waals surface area contributed by atoms with Gasteiger partial charge in [-0.05, 0) is 43.5 Å². The SMILES string of the molecule is COc1ccc(N2C[C@H](C(C)(C)C)N=C2C(C)(C)OC)cc1. The second-order valence-electron chi connectivity index (χ2n) is 7.36. The number of hydrogen-bond donors (Lipinski definition) is 0. The molecule has 0 aliphatic carbocycles. The van der Waals surface area contributed by atoms with E-state index in [1.54, 1.807) is 14.2 Å². The number of ether oxygens (including phenoxy) is 2. The summed E-state index contributed by atoms with van der Waals surface area (Å²) in [5.74, 6) is 1.85. The summed E-state index contributed by atoms with van der Waals surface area (Å²) in [5.41, 5.74) is 0.826. The standard InChI is InChI=1S/C18H28N2O2/c1-17(2,3)15-12-20(16(19-15)18(4,5)22-7)13-8-10-14(21-6)11-9-13/h8-11,15H,12H2,1-7H3/t15-/m1/s1. The van der Waals surface area contributed by atoms with E-state index in [9.17, 15) is 0 Å². The number of aliphatic imine (C=N–C) groups is 1. The monoisotopic (exact) mass is 304 g/mol. The Labute approximate surface area is 134 Å². The Morgan fingerprint density at radius 2 is 1.64 bits per heavy atom. The molecule has 0 N–H and O–H groups in total. The molecule has 22 heavy (non-hydrogen) atoms. The van der Waals surface area contributed by atoms with Crippen molar-refractivity contribution in [3.63, 3.8) is 0 Å². The molecule has 4 heteroatoms. The molecule has 0 radical (unpaired) electrons. The van der Waals surface area contributed by atoms with Crippen LogP contribution in [0.1, 0.15) is 34.6 Å². The van der Waals surface area contributed by atoms with Gasteiger partial charge in [0.1, 0.15) is 17.2 Å². The van der Waals surface area contributed by atoms with Gasteiger partial charge in [-0.2, -0.15) is 0 Å². The van der Waals surface area contributed by atoms with Crippen LogP contribution in [-0.2, 0) is 4.74 Å². The summed E-state index contributed by atoms with van der Waals surface area (Å²) in [6.45, 7) is 11.7. The van der Waals surface area contributed by atoms with Crippen molar-refractivity contribution in [2.45, 2.75) is 46.3 Å². The van der Waals surface area contributed by atoms with E-state index in [0.717, 1.165) is 23.8 Å². The molecule has 0 spiro atoms. The molecule has 0 bridgehead atoms. The third kappa shape index (κ3) is 3.27. The second kappa shape index (κ2) is 5.92. The molecule has 4 nitrogen and oxygen atoms in total. The molecule has 0 unspecified atom stereocenters. The lowest BCUT2D eigenvalue weighted by molar-refractivity contribution is 0.0817. The third-order valence-electron chi connectivity index (χ3n) is 4.32. The van der Waals surface area contributed by atoms with Crippen LogP contribution < -0.4 is 9.64 Å². The molecule has 1 aromatic carbocycles. The predicted octanol–water partition coefficient (Wildman–Crippen LogP) is 3.75. The highest BCUT2D eigenvalue weighted by Gasteiger charge is 2.40. The molecule has 122 valence electrons. The summed E-state index contributed by atoms with van der Waals surface area (Å²) in [6.07, 6.45) is 0. The van der Waals surface area contributed by atoms with Gasteiger partial charge in [-0.15, -0.1) is 0 Å². The normalized spacial score (nSPS) is 19.3. The molecule has 2 rings (SSSR count). The maximum absolute atomic E-state index is 5.68. The molecule has 0 saturated heterocycles. The quantitative estimate of drug-likeness (QED) is 0.849. The zero-order valence-electron chi connectivity index (χ0n) is 14.8. The zero-order valence-corrected chi connectivity index (χ0v) is 14.8. The van der Waals surface area contributed by atoms with Crippen molar-refractivity contribution in [3.05, 3.63) is 24.3 Å². The first-order valence-corrected chi connectivity index (χ1v) is 7.74. The van der Waals surface area contributed by atoms with Crippen LogP contribution >= 0.6 is 0 Å². The molecule has 1 aromatic rings. The highest BCUT2D eigenvalue weighted by molar-refractivity contribution is 6.05. The summed E-state index contributed by atoms with van der Waals surface area (Å²) in [6, 6.07) is 8.36. The second-order valence-corrected chi connectivity index (χ2v) is 7.36. The lowest BCUT2D eigenvalue weighted by Gasteiger charge is -2.31. The van der Waals surface area contributed by atoms with Crippen molar-refractivity contribution in [2.24, 2.45) is 10.4 Å². The number of amidine groups is 1. The van der Waals surface area contributed by atoms with E-state index in [4.69, 9.17) is 14.5 Å². The highest BCUT2D eigenvalue weighted by atomic mass is 16.5.